The molecule has 1 fully saturated rings. The predicted octanol–water partition coefficient (Wildman–Crippen LogP) is 2.46. The van der Waals surface area contributed by atoms with Crippen molar-refractivity contribution in [3.8, 4) is 11.4 Å². The topological polar surface area (TPSA) is 145 Å². The summed E-state index contributed by atoms with van der Waals surface area (Å²) in [7, 11) is -2.15. The minimum atomic E-state index is -3.54. The molecular weight excluding hydrogens is 568 g/mol. The summed E-state index contributed by atoms with van der Waals surface area (Å²) in [6.45, 7) is 5.27. The van der Waals surface area contributed by atoms with Crippen LogP contribution in [0, 0.1) is 0 Å². The second-order valence-electron chi connectivity index (χ2n) is 9.19. The Kier molecular flexibility index (Phi) is 8.91. The summed E-state index contributed by atoms with van der Waals surface area (Å²) in [5.74, 6) is -0.466. The highest BCUT2D eigenvalue weighted by Crippen LogP contribution is 2.29. The summed E-state index contributed by atoms with van der Waals surface area (Å²) in [5.41, 5.74) is 1.17. The van der Waals surface area contributed by atoms with Crippen molar-refractivity contribution < 1.29 is 27.5 Å². The summed E-state index contributed by atoms with van der Waals surface area (Å²) in [5, 5.41) is 7.81. The summed E-state index contributed by atoms with van der Waals surface area (Å²) < 4.78 is 35.2. The van der Waals surface area contributed by atoms with Gasteiger partial charge in [-0.3, -0.25) is 13.6 Å². The lowest BCUT2D eigenvalue weighted by atomic mass is 10.2. The molecule has 0 spiro atoms. The van der Waals surface area contributed by atoms with Crippen molar-refractivity contribution in [2.24, 2.45) is 0 Å². The van der Waals surface area contributed by atoms with Crippen molar-refractivity contribution in [2.45, 2.75) is 32.1 Å². The van der Waals surface area contributed by atoms with Crippen LogP contribution >= 0.6 is 22.9 Å². The van der Waals surface area contributed by atoms with E-state index in [-0.39, 0.29) is 24.4 Å². The third-order valence-electron chi connectivity index (χ3n) is 5.78. The van der Waals surface area contributed by atoms with Gasteiger partial charge in [0.15, 0.2) is 5.13 Å². The Morgan fingerprint density at radius 3 is 2.59 bits per heavy atom. The fraction of sp³-hybridized carbons (Fsp3) is 0.417. The number of anilines is 2. The van der Waals surface area contributed by atoms with Gasteiger partial charge < -0.3 is 25.0 Å². The molecule has 0 unspecified atom stereocenters. The summed E-state index contributed by atoms with van der Waals surface area (Å²) in [6, 6.07) is 3.79. The summed E-state index contributed by atoms with van der Waals surface area (Å²) in [6.07, 6.45) is 3.55. The maximum Gasteiger partial charge on any atom is 0.253 e. The van der Waals surface area contributed by atoms with E-state index in [4.69, 9.17) is 26.1 Å². The Morgan fingerprint density at radius 1 is 1.23 bits per heavy atom. The second-order valence-corrected chi connectivity index (χ2v) is 12.4. The number of ether oxygens (including phenoxy) is 2. The minimum absolute atomic E-state index is 0.0548. The van der Waals surface area contributed by atoms with Crippen LogP contribution in [-0.4, -0.2) is 85.5 Å². The second kappa shape index (κ2) is 12.0. The number of methoxy groups -OCH3 is 1. The Morgan fingerprint density at radius 2 is 1.95 bits per heavy atom. The van der Waals surface area contributed by atoms with E-state index in [1.54, 1.807) is 17.5 Å². The Balaban J connectivity index is 1.46. The lowest BCUT2D eigenvalue weighted by Gasteiger charge is -2.36. The number of halogens is 1. The highest BCUT2D eigenvalue weighted by Gasteiger charge is 2.25. The quantitative estimate of drug-likeness (QED) is 0.380. The molecular formula is C24H29ClN6O6S2. The lowest BCUT2D eigenvalue weighted by Crippen LogP contribution is -2.46. The van der Waals surface area contributed by atoms with Crippen molar-refractivity contribution in [1.82, 2.24) is 19.3 Å². The standard InChI is InChI=1S/C24H29ClN6O6S2/c1-14-9-30(10-15(2)37-14)21-8-17(25)7-18(26-21)20-13-38-24(28-20)29-23(33)19(12-36-3)27-22(32)16-5-6-31(11-16)39(4,34)35/h5-8,11,13-15,19H,9-10,12H2,1-4H3,(H,27,32)(H,28,29,33)/t14-,15+,19-/m0/s1. The van der Waals surface area contributed by atoms with Gasteiger partial charge in [-0.1, -0.05) is 11.6 Å². The van der Waals surface area contributed by atoms with Gasteiger partial charge in [-0.25, -0.2) is 18.4 Å². The lowest BCUT2D eigenvalue weighted by molar-refractivity contribution is -0.119. The average molecular weight is 597 g/mol. The molecule has 3 atom stereocenters. The van der Waals surface area contributed by atoms with E-state index in [0.717, 1.165) is 10.2 Å². The third-order valence-corrected chi connectivity index (χ3v) is 7.75. The zero-order valence-electron chi connectivity index (χ0n) is 21.8. The largest absolute Gasteiger partial charge is 0.382 e. The molecule has 4 heterocycles. The number of carbonyl (C=O) groups excluding carboxylic acids is 2. The van der Waals surface area contributed by atoms with E-state index < -0.39 is 27.9 Å². The van der Waals surface area contributed by atoms with Gasteiger partial charge in [0.2, 0.25) is 10.0 Å². The Hall–Kier alpha value is -3.04. The van der Waals surface area contributed by atoms with Gasteiger partial charge in [0.1, 0.15) is 17.6 Å². The van der Waals surface area contributed by atoms with Gasteiger partial charge in [-0.05, 0) is 32.0 Å². The number of morpholine rings is 1. The molecule has 2 N–H and O–H groups in total. The van der Waals surface area contributed by atoms with Crippen LogP contribution in [0.4, 0.5) is 10.9 Å². The number of thiazole rings is 1. The van der Waals surface area contributed by atoms with E-state index >= 15 is 0 Å². The van der Waals surface area contributed by atoms with Gasteiger partial charge >= 0.3 is 0 Å². The Labute approximate surface area is 235 Å². The van der Waals surface area contributed by atoms with Crippen molar-refractivity contribution in [3.63, 3.8) is 0 Å². The first kappa shape index (κ1) is 29.0. The number of hydrogen-bond donors (Lipinski definition) is 2. The maximum atomic E-state index is 13.0. The van der Waals surface area contributed by atoms with Crippen molar-refractivity contribution in [1.29, 1.82) is 0 Å². The zero-order chi connectivity index (χ0) is 28.3. The van der Waals surface area contributed by atoms with E-state index in [9.17, 15) is 18.0 Å². The molecule has 1 aliphatic rings. The molecule has 15 heteroatoms. The van der Waals surface area contributed by atoms with Crippen LogP contribution < -0.4 is 15.5 Å². The molecule has 0 saturated carbocycles. The number of hydrogen-bond acceptors (Lipinski definition) is 10. The molecule has 0 aliphatic carbocycles. The van der Waals surface area contributed by atoms with Crippen LogP contribution in [0.5, 0.6) is 0 Å². The Bertz CT molecular complexity index is 1450. The number of aromatic nitrogens is 3. The monoisotopic (exact) mass is 596 g/mol. The minimum Gasteiger partial charge on any atom is -0.382 e. The van der Waals surface area contributed by atoms with Crippen molar-refractivity contribution in [2.75, 3.05) is 43.3 Å². The van der Waals surface area contributed by atoms with Crippen LogP contribution in [0.2, 0.25) is 5.02 Å². The predicted molar refractivity (Wildman–Crippen MR) is 149 cm³/mol. The van der Waals surface area contributed by atoms with E-state index in [0.29, 0.717) is 40.4 Å². The average Bonchev–Trinajstić information content (AvgIpc) is 3.53. The van der Waals surface area contributed by atoms with Crippen LogP contribution in [0.25, 0.3) is 11.4 Å². The fourth-order valence-electron chi connectivity index (χ4n) is 4.09. The first-order valence-electron chi connectivity index (χ1n) is 12.0. The van der Waals surface area contributed by atoms with Crippen molar-refractivity contribution >= 4 is 55.7 Å². The van der Waals surface area contributed by atoms with Gasteiger partial charge in [-0.15, -0.1) is 11.3 Å². The number of nitrogens with zero attached hydrogens (tertiary/aromatic N) is 4. The van der Waals surface area contributed by atoms with Gasteiger partial charge in [0, 0.05) is 43.0 Å². The van der Waals surface area contributed by atoms with E-state index in [1.807, 2.05) is 13.8 Å². The molecule has 1 aliphatic heterocycles. The van der Waals surface area contributed by atoms with Crippen LogP contribution in [0.3, 0.4) is 0 Å². The molecule has 12 nitrogen and oxygen atoms in total. The first-order valence-corrected chi connectivity index (χ1v) is 15.1. The van der Waals surface area contributed by atoms with E-state index in [2.05, 4.69) is 20.5 Å². The number of nitrogens with one attached hydrogen (secondary N) is 2. The fourth-order valence-corrected chi connectivity index (χ4v) is 5.59. The van der Waals surface area contributed by atoms with Crippen molar-refractivity contribution in [3.05, 3.63) is 46.6 Å². The molecule has 39 heavy (non-hydrogen) atoms. The smallest absolute Gasteiger partial charge is 0.253 e. The first-order chi connectivity index (χ1) is 18.4. The van der Waals surface area contributed by atoms with Crippen LogP contribution in [-0.2, 0) is 24.3 Å². The zero-order valence-corrected chi connectivity index (χ0v) is 24.1. The van der Waals surface area contributed by atoms with Crippen LogP contribution in [0.1, 0.15) is 24.2 Å². The normalized spacial score (nSPS) is 18.5. The molecule has 0 radical (unpaired) electrons. The molecule has 0 bridgehead atoms. The highest BCUT2D eigenvalue weighted by molar-refractivity contribution is 7.89. The van der Waals surface area contributed by atoms with Crippen LogP contribution in [0.15, 0.2) is 36.0 Å². The summed E-state index contributed by atoms with van der Waals surface area (Å²) in [4.78, 5) is 37.0. The number of rotatable bonds is 9. The third kappa shape index (κ3) is 7.33. The maximum absolute atomic E-state index is 13.0. The highest BCUT2D eigenvalue weighted by atomic mass is 35.5. The number of amides is 2. The molecule has 1 saturated heterocycles. The summed E-state index contributed by atoms with van der Waals surface area (Å²) >= 11 is 7.60. The molecule has 2 amide bonds. The van der Waals surface area contributed by atoms with Gasteiger partial charge in [0.05, 0.1) is 36.3 Å². The molecule has 3 aromatic heterocycles. The van der Waals surface area contributed by atoms with Gasteiger partial charge in [0.25, 0.3) is 11.8 Å². The molecule has 3 aromatic rings. The van der Waals surface area contributed by atoms with E-state index in [1.165, 1.54) is 36.9 Å². The van der Waals surface area contributed by atoms with Gasteiger partial charge in [-0.2, -0.15) is 0 Å². The molecule has 0 aromatic carbocycles. The molecule has 4 rings (SSSR count). The number of carbonyl (C=O) groups is 2. The molecule has 210 valence electrons. The SMILES string of the molecule is COC[C@H](NC(=O)c1ccn(S(C)(=O)=O)c1)C(=O)Nc1nc(-c2cc(Cl)cc(N3C[C@@H](C)O[C@@H](C)C3)n2)cs1. The number of pyridine rings is 1.